The highest BCUT2D eigenvalue weighted by molar-refractivity contribution is 6.07. The van der Waals surface area contributed by atoms with Crippen LogP contribution in [0.25, 0.3) is 76.9 Å². The van der Waals surface area contributed by atoms with Crippen molar-refractivity contribution < 1.29 is 4.42 Å². The van der Waals surface area contributed by atoms with Crippen LogP contribution in [0.4, 0.5) is 17.1 Å². The van der Waals surface area contributed by atoms with Crippen LogP contribution in [0.1, 0.15) is 22.3 Å². The fourth-order valence-electron chi connectivity index (χ4n) is 10.5. The summed E-state index contributed by atoms with van der Waals surface area (Å²) in [4.78, 5) is 2.42. The van der Waals surface area contributed by atoms with Gasteiger partial charge in [-0.3, -0.25) is 0 Å². The summed E-state index contributed by atoms with van der Waals surface area (Å²) in [6.45, 7) is 0. The number of hydrogen-bond donors (Lipinski definition) is 0. The van der Waals surface area contributed by atoms with Crippen molar-refractivity contribution in [3.8, 4) is 33.4 Å². The van der Waals surface area contributed by atoms with Crippen LogP contribution in [0.15, 0.2) is 217 Å². The number of nitrogens with zero attached hydrogens (tertiary/aromatic N) is 1. The third kappa shape index (κ3) is 4.51. The molecule has 2 nitrogen and oxygen atoms in total. The monoisotopic (exact) mass is 749 g/mol. The molecule has 11 aromatic rings. The second kappa shape index (κ2) is 12.2. The topological polar surface area (TPSA) is 16.4 Å². The summed E-state index contributed by atoms with van der Waals surface area (Å²) in [5.74, 6) is 0. The van der Waals surface area contributed by atoms with Crippen LogP contribution in [0.3, 0.4) is 0 Å². The molecule has 2 heteroatoms. The first-order valence-electron chi connectivity index (χ1n) is 20.4. The van der Waals surface area contributed by atoms with Gasteiger partial charge in [0, 0.05) is 27.8 Å². The molecular weight excluding hydrogens is 715 g/mol. The quantitative estimate of drug-likeness (QED) is 0.178. The smallest absolute Gasteiger partial charge is 0.135 e. The molecular formula is C57H35NO. The van der Waals surface area contributed by atoms with E-state index in [9.17, 15) is 0 Å². The van der Waals surface area contributed by atoms with Gasteiger partial charge in [0.25, 0.3) is 0 Å². The molecule has 1 aromatic heterocycles. The van der Waals surface area contributed by atoms with E-state index < -0.39 is 0 Å². The molecule has 1 heterocycles. The Kier molecular flexibility index (Phi) is 6.68. The number of rotatable bonds is 4. The van der Waals surface area contributed by atoms with Gasteiger partial charge < -0.3 is 9.32 Å². The molecule has 0 radical (unpaired) electrons. The molecule has 0 saturated carbocycles. The molecule has 1 spiro atoms. The zero-order valence-electron chi connectivity index (χ0n) is 32.1. The minimum atomic E-state index is -0.387. The molecule has 0 atom stereocenters. The Morgan fingerprint density at radius 3 is 1.63 bits per heavy atom. The van der Waals surface area contributed by atoms with Gasteiger partial charge in [-0.05, 0) is 132 Å². The average molecular weight is 750 g/mol. The van der Waals surface area contributed by atoms with Crippen molar-refractivity contribution in [3.05, 3.63) is 235 Å². The maximum absolute atomic E-state index is 6.32. The van der Waals surface area contributed by atoms with E-state index in [1.54, 1.807) is 0 Å². The van der Waals surface area contributed by atoms with Crippen molar-refractivity contribution in [1.29, 1.82) is 0 Å². The van der Waals surface area contributed by atoms with Gasteiger partial charge in [-0.25, -0.2) is 0 Å². The first-order chi connectivity index (χ1) is 29.2. The molecule has 0 amide bonds. The Labute approximate surface area is 341 Å². The number of anilines is 3. The average Bonchev–Trinajstić information content (AvgIpc) is 3.92. The molecule has 13 rings (SSSR count). The Hall–Kier alpha value is -7.68. The van der Waals surface area contributed by atoms with Crippen LogP contribution in [0, 0.1) is 0 Å². The van der Waals surface area contributed by atoms with Crippen molar-refractivity contribution in [2.75, 3.05) is 4.90 Å². The predicted octanol–water partition coefficient (Wildman–Crippen LogP) is 15.4. The van der Waals surface area contributed by atoms with Gasteiger partial charge in [0.15, 0.2) is 0 Å². The summed E-state index contributed by atoms with van der Waals surface area (Å²) in [6.07, 6.45) is 0. The zero-order valence-corrected chi connectivity index (χ0v) is 32.1. The van der Waals surface area contributed by atoms with E-state index in [0.29, 0.717) is 0 Å². The Morgan fingerprint density at radius 1 is 0.305 bits per heavy atom. The molecule has 274 valence electrons. The van der Waals surface area contributed by atoms with Crippen LogP contribution in [-0.2, 0) is 5.41 Å². The lowest BCUT2D eigenvalue weighted by Gasteiger charge is -2.31. The Balaban J connectivity index is 1.02. The summed E-state index contributed by atoms with van der Waals surface area (Å²) in [6, 6.07) is 78.2. The van der Waals surface area contributed by atoms with Crippen LogP contribution < -0.4 is 4.90 Å². The van der Waals surface area contributed by atoms with Gasteiger partial charge in [-0.1, -0.05) is 158 Å². The van der Waals surface area contributed by atoms with Gasteiger partial charge in [-0.2, -0.15) is 0 Å². The third-order valence-electron chi connectivity index (χ3n) is 13.0. The highest BCUT2D eigenvalue weighted by Gasteiger charge is 2.51. The van der Waals surface area contributed by atoms with E-state index in [1.807, 2.05) is 6.07 Å². The first-order valence-corrected chi connectivity index (χ1v) is 20.4. The summed E-state index contributed by atoms with van der Waals surface area (Å²) >= 11 is 0. The van der Waals surface area contributed by atoms with Crippen molar-refractivity contribution in [3.63, 3.8) is 0 Å². The van der Waals surface area contributed by atoms with Crippen molar-refractivity contribution >= 4 is 60.5 Å². The minimum absolute atomic E-state index is 0.387. The van der Waals surface area contributed by atoms with E-state index in [4.69, 9.17) is 4.42 Å². The van der Waals surface area contributed by atoms with E-state index in [1.165, 1.54) is 77.2 Å². The van der Waals surface area contributed by atoms with Crippen molar-refractivity contribution in [1.82, 2.24) is 0 Å². The van der Waals surface area contributed by atoms with Crippen LogP contribution in [-0.4, -0.2) is 0 Å². The van der Waals surface area contributed by atoms with E-state index in [2.05, 4.69) is 211 Å². The lowest BCUT2D eigenvalue weighted by Crippen LogP contribution is -2.25. The van der Waals surface area contributed by atoms with Crippen molar-refractivity contribution in [2.45, 2.75) is 5.41 Å². The van der Waals surface area contributed by atoms with E-state index in [-0.39, 0.29) is 5.41 Å². The lowest BCUT2D eigenvalue weighted by atomic mass is 9.70. The number of hydrogen-bond acceptors (Lipinski definition) is 2. The molecule has 2 aliphatic carbocycles. The molecule has 0 N–H and O–H groups in total. The molecule has 0 unspecified atom stereocenters. The molecule has 0 aliphatic heterocycles. The predicted molar refractivity (Wildman–Crippen MR) is 245 cm³/mol. The number of para-hydroxylation sites is 1. The second-order valence-corrected chi connectivity index (χ2v) is 16.0. The zero-order chi connectivity index (χ0) is 38.7. The van der Waals surface area contributed by atoms with Gasteiger partial charge in [0.05, 0.1) is 5.41 Å². The second-order valence-electron chi connectivity index (χ2n) is 16.0. The number of furan rings is 1. The third-order valence-corrected chi connectivity index (χ3v) is 13.0. The summed E-state index contributed by atoms with van der Waals surface area (Å²) in [5.41, 5.74) is 17.7. The Bertz CT molecular complexity index is 3480. The van der Waals surface area contributed by atoms with Gasteiger partial charge >= 0.3 is 0 Å². The largest absolute Gasteiger partial charge is 0.456 e. The molecule has 10 aromatic carbocycles. The summed E-state index contributed by atoms with van der Waals surface area (Å²) in [7, 11) is 0. The standard InChI is InChI=1S/C57H35NO/c1-2-14-43-36(12-1)13-11-19-44(43)39-25-24-38-33-40(27-26-37(38)32-39)58(42-29-31-56-50(35-42)48-18-6-10-23-55(48)59-56)41-28-30-54-49(34-41)47-17-5-9-22-53(47)57(54)51-20-7-3-15-45(51)46-16-4-8-21-52(46)57/h1-35H. The fourth-order valence-corrected chi connectivity index (χ4v) is 10.5. The molecule has 0 saturated heterocycles. The number of fused-ring (bicyclic) bond motifs is 15. The SMILES string of the molecule is c1ccc2c(c1)-c1ccccc1C21c2ccccc2-c2cc(N(c3ccc4cc(-c5cccc6ccccc56)ccc4c3)c3ccc4oc5ccccc5c4c3)ccc21. The summed E-state index contributed by atoms with van der Waals surface area (Å²) in [5, 5.41) is 7.14. The highest BCUT2D eigenvalue weighted by Crippen LogP contribution is 2.63. The molecule has 59 heavy (non-hydrogen) atoms. The highest BCUT2D eigenvalue weighted by atomic mass is 16.3. The normalized spacial score (nSPS) is 13.2. The van der Waals surface area contributed by atoms with Crippen LogP contribution in [0.5, 0.6) is 0 Å². The first kappa shape index (κ1) is 32.4. The molecule has 0 bridgehead atoms. The summed E-state index contributed by atoms with van der Waals surface area (Å²) < 4.78 is 6.32. The fraction of sp³-hybridized carbons (Fsp3) is 0.0175. The lowest BCUT2D eigenvalue weighted by molar-refractivity contribution is 0.669. The molecule has 0 fully saturated rings. The minimum Gasteiger partial charge on any atom is -0.456 e. The van der Waals surface area contributed by atoms with Gasteiger partial charge in [0.1, 0.15) is 11.2 Å². The van der Waals surface area contributed by atoms with Crippen LogP contribution >= 0.6 is 0 Å². The molecule has 2 aliphatic rings. The maximum Gasteiger partial charge on any atom is 0.135 e. The van der Waals surface area contributed by atoms with Gasteiger partial charge in [-0.15, -0.1) is 0 Å². The van der Waals surface area contributed by atoms with Crippen LogP contribution in [0.2, 0.25) is 0 Å². The van der Waals surface area contributed by atoms with Gasteiger partial charge in [0.2, 0.25) is 0 Å². The van der Waals surface area contributed by atoms with E-state index >= 15 is 0 Å². The maximum atomic E-state index is 6.32. The van der Waals surface area contributed by atoms with Crippen molar-refractivity contribution in [2.24, 2.45) is 0 Å². The Morgan fingerprint density at radius 2 is 0.831 bits per heavy atom. The number of benzene rings is 10. The van der Waals surface area contributed by atoms with E-state index in [0.717, 1.165) is 39.0 Å².